The maximum absolute atomic E-state index is 12.7. The minimum Gasteiger partial charge on any atom is -0.493 e. The Bertz CT molecular complexity index is 826. The van der Waals surface area contributed by atoms with Gasteiger partial charge in [-0.25, -0.2) is 0 Å². The van der Waals surface area contributed by atoms with Crippen molar-refractivity contribution in [2.75, 3.05) is 11.6 Å². The molecule has 1 aliphatic rings. The Morgan fingerprint density at radius 1 is 1.17 bits per heavy atom. The summed E-state index contributed by atoms with van der Waals surface area (Å²) in [6.07, 6.45) is 1.82. The van der Waals surface area contributed by atoms with E-state index in [1.807, 2.05) is 44.2 Å². The summed E-state index contributed by atoms with van der Waals surface area (Å²) in [4.78, 5) is 12.7. The third-order valence-corrected chi connectivity index (χ3v) is 3.90. The number of benzene rings is 2. The van der Waals surface area contributed by atoms with Gasteiger partial charge in [-0.2, -0.15) is 10.1 Å². The monoisotopic (exact) mass is 340 g/mol. The molecule has 0 saturated heterocycles. The van der Waals surface area contributed by atoms with Gasteiger partial charge in [-0.15, -0.1) is 0 Å². The number of carbonyl (C=O) groups is 1. The van der Waals surface area contributed by atoms with Gasteiger partial charge in [0.25, 0.3) is 5.91 Å². The maximum atomic E-state index is 12.7. The number of hydrazone groups is 1. The van der Waals surface area contributed by atoms with Crippen molar-refractivity contribution in [3.05, 3.63) is 64.7 Å². The Kier molecular flexibility index (Phi) is 4.67. The molecule has 0 atom stereocenters. The third kappa shape index (κ3) is 3.19. The first kappa shape index (κ1) is 16.3. The van der Waals surface area contributed by atoms with E-state index in [9.17, 15) is 4.79 Å². The molecule has 2 aromatic carbocycles. The van der Waals surface area contributed by atoms with E-state index >= 15 is 0 Å². The number of hydrogen-bond acceptors (Lipinski definition) is 3. The first-order valence-corrected chi connectivity index (χ1v) is 8.07. The Morgan fingerprint density at radius 2 is 1.88 bits per heavy atom. The fourth-order valence-corrected chi connectivity index (χ4v) is 2.61. The van der Waals surface area contributed by atoms with Crippen molar-refractivity contribution in [3.8, 4) is 5.75 Å². The van der Waals surface area contributed by atoms with E-state index in [0.717, 1.165) is 11.3 Å². The largest absolute Gasteiger partial charge is 0.493 e. The molecule has 0 saturated carbocycles. The predicted molar refractivity (Wildman–Crippen MR) is 97.6 cm³/mol. The number of ether oxygens (including phenoxy) is 1. The van der Waals surface area contributed by atoms with E-state index in [2.05, 4.69) is 5.10 Å². The Hall–Kier alpha value is -2.59. The van der Waals surface area contributed by atoms with Crippen LogP contribution in [0, 0.1) is 0 Å². The summed E-state index contributed by atoms with van der Waals surface area (Å²) in [5.41, 5.74) is 2.76. The van der Waals surface area contributed by atoms with Gasteiger partial charge in [0.05, 0.1) is 23.6 Å². The molecular formula is C19H17ClN2O2. The molecule has 0 spiro atoms. The van der Waals surface area contributed by atoms with Crippen LogP contribution in [0.4, 0.5) is 5.69 Å². The van der Waals surface area contributed by atoms with E-state index in [-0.39, 0.29) is 5.91 Å². The minimum absolute atomic E-state index is 0.166. The highest BCUT2D eigenvalue weighted by atomic mass is 35.5. The molecule has 2 aromatic rings. The molecule has 5 heteroatoms. The quantitative estimate of drug-likeness (QED) is 0.766. The molecule has 1 aliphatic heterocycles. The highest BCUT2D eigenvalue weighted by Gasteiger charge is 2.28. The average molecular weight is 341 g/mol. The van der Waals surface area contributed by atoms with E-state index in [4.69, 9.17) is 16.3 Å². The van der Waals surface area contributed by atoms with Gasteiger partial charge in [-0.3, -0.25) is 4.79 Å². The number of para-hydroxylation sites is 1. The molecular weight excluding hydrogens is 324 g/mol. The van der Waals surface area contributed by atoms with Crippen LogP contribution in [0.25, 0.3) is 6.08 Å². The van der Waals surface area contributed by atoms with Gasteiger partial charge >= 0.3 is 0 Å². The smallest absolute Gasteiger partial charge is 0.280 e. The lowest BCUT2D eigenvalue weighted by Gasteiger charge is -2.12. The van der Waals surface area contributed by atoms with Crippen molar-refractivity contribution in [2.24, 2.45) is 5.10 Å². The average Bonchev–Trinajstić information content (AvgIpc) is 2.86. The molecule has 0 fully saturated rings. The van der Waals surface area contributed by atoms with Crippen molar-refractivity contribution in [3.63, 3.8) is 0 Å². The molecule has 4 nitrogen and oxygen atoms in total. The molecule has 0 aromatic heterocycles. The summed E-state index contributed by atoms with van der Waals surface area (Å²) >= 11 is 5.90. The van der Waals surface area contributed by atoms with Crippen LogP contribution in [-0.2, 0) is 4.79 Å². The van der Waals surface area contributed by atoms with Gasteiger partial charge in [-0.1, -0.05) is 29.8 Å². The van der Waals surface area contributed by atoms with Gasteiger partial charge in [0.15, 0.2) is 0 Å². The van der Waals surface area contributed by atoms with E-state index in [0.29, 0.717) is 28.6 Å². The van der Waals surface area contributed by atoms with Crippen LogP contribution in [0.2, 0.25) is 5.02 Å². The number of carbonyl (C=O) groups excluding carboxylic acids is 1. The van der Waals surface area contributed by atoms with Crippen LogP contribution in [0.3, 0.4) is 0 Å². The second-order valence-electron chi connectivity index (χ2n) is 5.31. The van der Waals surface area contributed by atoms with Crippen LogP contribution in [-0.4, -0.2) is 18.2 Å². The van der Waals surface area contributed by atoms with Crippen LogP contribution < -0.4 is 9.75 Å². The van der Waals surface area contributed by atoms with E-state index in [1.165, 1.54) is 5.01 Å². The third-order valence-electron chi connectivity index (χ3n) is 3.65. The second kappa shape index (κ2) is 6.89. The summed E-state index contributed by atoms with van der Waals surface area (Å²) in [6.45, 7) is 4.32. The highest BCUT2D eigenvalue weighted by molar-refractivity contribution is 6.32. The first-order valence-electron chi connectivity index (χ1n) is 7.69. The molecule has 0 radical (unpaired) electrons. The number of rotatable bonds is 4. The lowest BCUT2D eigenvalue weighted by Crippen LogP contribution is -2.21. The normalized spacial score (nSPS) is 15.8. The summed E-state index contributed by atoms with van der Waals surface area (Å²) in [5, 5.41) is 6.38. The lowest BCUT2D eigenvalue weighted by atomic mass is 10.1. The fourth-order valence-electron chi connectivity index (χ4n) is 2.48. The fraction of sp³-hybridized carbons (Fsp3) is 0.158. The van der Waals surface area contributed by atoms with Crippen LogP contribution in [0.15, 0.2) is 59.2 Å². The number of hydrogen-bond donors (Lipinski definition) is 0. The zero-order valence-corrected chi connectivity index (χ0v) is 14.2. The van der Waals surface area contributed by atoms with Gasteiger partial charge in [0, 0.05) is 10.6 Å². The van der Waals surface area contributed by atoms with Crippen molar-refractivity contribution >= 4 is 35.0 Å². The van der Waals surface area contributed by atoms with E-state index < -0.39 is 0 Å². The Labute approximate surface area is 146 Å². The molecule has 122 valence electrons. The Morgan fingerprint density at radius 3 is 2.58 bits per heavy atom. The second-order valence-corrected chi connectivity index (χ2v) is 5.74. The number of anilines is 1. The van der Waals surface area contributed by atoms with Crippen LogP contribution >= 0.6 is 11.6 Å². The maximum Gasteiger partial charge on any atom is 0.280 e. The molecule has 3 rings (SSSR count). The van der Waals surface area contributed by atoms with Crippen LogP contribution in [0.1, 0.15) is 19.4 Å². The van der Waals surface area contributed by atoms with Crippen molar-refractivity contribution in [1.29, 1.82) is 0 Å². The standard InChI is InChI=1S/C19H17ClN2O2/c1-3-24-18-7-5-4-6-14(18)12-17-13(2)21-22(19(17)23)16-10-8-15(20)9-11-16/h4-12H,3H2,1-2H3. The molecule has 0 N–H and O–H groups in total. The minimum atomic E-state index is -0.166. The van der Waals surface area contributed by atoms with Gasteiger partial charge in [0.1, 0.15) is 5.75 Å². The van der Waals surface area contributed by atoms with Gasteiger partial charge < -0.3 is 4.74 Å². The number of halogens is 1. The predicted octanol–water partition coefficient (Wildman–Crippen LogP) is 4.54. The van der Waals surface area contributed by atoms with Gasteiger partial charge in [0.2, 0.25) is 0 Å². The molecule has 1 heterocycles. The molecule has 0 unspecified atom stereocenters. The summed E-state index contributed by atoms with van der Waals surface area (Å²) in [6, 6.07) is 14.6. The topological polar surface area (TPSA) is 41.9 Å². The molecule has 24 heavy (non-hydrogen) atoms. The summed E-state index contributed by atoms with van der Waals surface area (Å²) in [7, 11) is 0. The molecule has 0 bridgehead atoms. The molecule has 1 amide bonds. The highest BCUT2D eigenvalue weighted by Crippen LogP contribution is 2.28. The van der Waals surface area contributed by atoms with E-state index in [1.54, 1.807) is 24.3 Å². The first-order chi connectivity index (χ1) is 11.6. The summed E-state index contributed by atoms with van der Waals surface area (Å²) in [5.74, 6) is 0.583. The Balaban J connectivity index is 1.95. The lowest BCUT2D eigenvalue weighted by molar-refractivity contribution is -0.114. The molecule has 0 aliphatic carbocycles. The van der Waals surface area contributed by atoms with Crippen molar-refractivity contribution < 1.29 is 9.53 Å². The van der Waals surface area contributed by atoms with Crippen LogP contribution in [0.5, 0.6) is 5.75 Å². The number of nitrogens with zero attached hydrogens (tertiary/aromatic N) is 2. The SMILES string of the molecule is CCOc1ccccc1C=C1C(=O)N(c2ccc(Cl)cc2)N=C1C. The summed E-state index contributed by atoms with van der Waals surface area (Å²) < 4.78 is 5.62. The van der Waals surface area contributed by atoms with Crippen molar-refractivity contribution in [2.45, 2.75) is 13.8 Å². The zero-order valence-electron chi connectivity index (χ0n) is 13.5. The van der Waals surface area contributed by atoms with Crippen molar-refractivity contribution in [1.82, 2.24) is 0 Å². The zero-order chi connectivity index (χ0) is 17.1. The van der Waals surface area contributed by atoms with Gasteiger partial charge in [-0.05, 0) is 50.3 Å². The number of amides is 1.